The SMILES string of the molecule is N#Cc1ncn(CC(=O)Nc2ccc(Cl)cc2N)n1. The summed E-state index contributed by atoms with van der Waals surface area (Å²) in [6.45, 7) is -0.0588. The molecule has 1 aromatic carbocycles. The number of hydrogen-bond acceptors (Lipinski definition) is 5. The highest BCUT2D eigenvalue weighted by atomic mass is 35.5. The molecule has 0 aliphatic carbocycles. The van der Waals surface area contributed by atoms with Crippen molar-refractivity contribution in [3.63, 3.8) is 0 Å². The van der Waals surface area contributed by atoms with Crippen LogP contribution in [0.3, 0.4) is 0 Å². The number of benzene rings is 1. The molecule has 1 aromatic heterocycles. The van der Waals surface area contributed by atoms with Gasteiger partial charge in [0.2, 0.25) is 5.91 Å². The van der Waals surface area contributed by atoms with Gasteiger partial charge in [-0.05, 0) is 18.2 Å². The summed E-state index contributed by atoms with van der Waals surface area (Å²) in [4.78, 5) is 15.4. The lowest BCUT2D eigenvalue weighted by atomic mass is 10.2. The van der Waals surface area contributed by atoms with Gasteiger partial charge < -0.3 is 11.1 Å². The average Bonchev–Trinajstić information content (AvgIpc) is 2.80. The molecule has 0 atom stereocenters. The number of rotatable bonds is 3. The van der Waals surface area contributed by atoms with Gasteiger partial charge in [0.05, 0.1) is 11.4 Å². The van der Waals surface area contributed by atoms with Gasteiger partial charge in [0.25, 0.3) is 5.82 Å². The molecule has 0 bridgehead atoms. The number of aromatic nitrogens is 3. The van der Waals surface area contributed by atoms with Gasteiger partial charge in [0.15, 0.2) is 0 Å². The molecular weight excluding hydrogens is 268 g/mol. The van der Waals surface area contributed by atoms with Crippen molar-refractivity contribution in [1.82, 2.24) is 14.8 Å². The lowest BCUT2D eigenvalue weighted by Crippen LogP contribution is -2.19. The van der Waals surface area contributed by atoms with Gasteiger partial charge in [-0.25, -0.2) is 9.67 Å². The fourth-order valence-corrected chi connectivity index (χ4v) is 1.59. The number of carbonyl (C=O) groups excluding carboxylic acids is 1. The first kappa shape index (κ1) is 12.9. The van der Waals surface area contributed by atoms with Gasteiger partial charge in [-0.2, -0.15) is 5.26 Å². The number of nitrogens with zero attached hydrogens (tertiary/aromatic N) is 4. The normalized spacial score (nSPS) is 9.89. The molecule has 0 spiro atoms. The van der Waals surface area contributed by atoms with Crippen molar-refractivity contribution in [2.75, 3.05) is 11.1 Å². The molecule has 0 radical (unpaired) electrons. The summed E-state index contributed by atoms with van der Waals surface area (Å²) < 4.78 is 1.26. The minimum Gasteiger partial charge on any atom is -0.397 e. The standard InChI is InChI=1S/C11H9ClN6O/c12-7-1-2-9(8(14)3-7)16-11(19)5-18-6-15-10(4-13)17-18/h1-3,6H,5,14H2,(H,16,19). The zero-order valence-corrected chi connectivity index (χ0v) is 10.4. The molecule has 1 heterocycles. The number of anilines is 2. The van der Waals surface area contributed by atoms with Gasteiger partial charge in [0.1, 0.15) is 18.9 Å². The van der Waals surface area contributed by atoms with E-state index < -0.39 is 0 Å². The van der Waals surface area contributed by atoms with E-state index in [2.05, 4.69) is 15.4 Å². The Morgan fingerprint density at radius 2 is 2.37 bits per heavy atom. The Balaban J connectivity index is 2.03. The van der Waals surface area contributed by atoms with E-state index in [1.807, 2.05) is 0 Å². The van der Waals surface area contributed by atoms with Gasteiger partial charge in [-0.3, -0.25) is 4.79 Å². The van der Waals surface area contributed by atoms with E-state index in [1.54, 1.807) is 24.3 Å². The predicted molar refractivity (Wildman–Crippen MR) is 69.2 cm³/mol. The number of carbonyl (C=O) groups is 1. The molecule has 96 valence electrons. The second-order valence-corrected chi connectivity index (χ2v) is 4.09. The molecule has 0 aliphatic rings. The molecule has 1 amide bonds. The van der Waals surface area contributed by atoms with Crippen molar-refractivity contribution in [2.24, 2.45) is 0 Å². The third-order valence-corrected chi connectivity index (χ3v) is 2.46. The summed E-state index contributed by atoms with van der Waals surface area (Å²) in [7, 11) is 0. The fourth-order valence-electron chi connectivity index (χ4n) is 1.41. The number of nitrogens with one attached hydrogen (secondary N) is 1. The Labute approximate surface area is 113 Å². The predicted octanol–water partition coefficient (Wildman–Crippen LogP) is 1.02. The molecule has 0 fully saturated rings. The number of amides is 1. The van der Waals surface area contributed by atoms with Gasteiger partial charge in [-0.1, -0.05) is 11.6 Å². The Bertz CT molecular complexity index is 659. The molecule has 19 heavy (non-hydrogen) atoms. The fraction of sp³-hybridized carbons (Fsp3) is 0.0909. The molecule has 0 saturated carbocycles. The number of nitriles is 1. The van der Waals surface area contributed by atoms with Crippen molar-refractivity contribution in [3.8, 4) is 6.07 Å². The highest BCUT2D eigenvalue weighted by Gasteiger charge is 2.08. The minimum absolute atomic E-state index is 0.0128. The van der Waals surface area contributed by atoms with Crippen molar-refractivity contribution in [1.29, 1.82) is 5.26 Å². The number of hydrogen-bond donors (Lipinski definition) is 2. The Hall–Kier alpha value is -2.59. The highest BCUT2D eigenvalue weighted by Crippen LogP contribution is 2.22. The molecule has 8 heteroatoms. The third-order valence-electron chi connectivity index (χ3n) is 2.23. The molecule has 3 N–H and O–H groups in total. The monoisotopic (exact) mass is 276 g/mol. The molecule has 0 unspecified atom stereocenters. The zero-order valence-electron chi connectivity index (χ0n) is 9.67. The van der Waals surface area contributed by atoms with Crippen LogP contribution in [0.4, 0.5) is 11.4 Å². The van der Waals surface area contributed by atoms with Crippen LogP contribution in [0.1, 0.15) is 5.82 Å². The maximum atomic E-state index is 11.7. The van der Waals surface area contributed by atoms with Crippen molar-refractivity contribution >= 4 is 28.9 Å². The van der Waals surface area contributed by atoms with Crippen molar-refractivity contribution in [3.05, 3.63) is 35.4 Å². The van der Waals surface area contributed by atoms with Gasteiger partial charge in [0, 0.05) is 5.02 Å². The van der Waals surface area contributed by atoms with Crippen LogP contribution in [-0.4, -0.2) is 20.7 Å². The maximum Gasteiger partial charge on any atom is 0.252 e. The first-order valence-electron chi connectivity index (χ1n) is 5.23. The van der Waals surface area contributed by atoms with E-state index in [0.29, 0.717) is 16.4 Å². The summed E-state index contributed by atoms with van der Waals surface area (Å²) in [5.41, 5.74) is 6.55. The zero-order chi connectivity index (χ0) is 13.8. The van der Waals surface area contributed by atoms with Crippen LogP contribution >= 0.6 is 11.6 Å². The lowest BCUT2D eigenvalue weighted by Gasteiger charge is -2.08. The van der Waals surface area contributed by atoms with Crippen LogP contribution in [0.5, 0.6) is 0 Å². The van der Waals surface area contributed by atoms with Crippen molar-refractivity contribution in [2.45, 2.75) is 6.54 Å². The van der Waals surface area contributed by atoms with E-state index in [1.165, 1.54) is 11.0 Å². The Morgan fingerprint density at radius 3 is 3.00 bits per heavy atom. The highest BCUT2D eigenvalue weighted by molar-refractivity contribution is 6.31. The maximum absolute atomic E-state index is 11.7. The average molecular weight is 277 g/mol. The van der Waals surface area contributed by atoms with E-state index in [0.717, 1.165) is 0 Å². The number of halogens is 1. The summed E-state index contributed by atoms with van der Waals surface area (Å²) in [6.07, 6.45) is 1.31. The molecule has 2 rings (SSSR count). The topological polar surface area (TPSA) is 110 Å². The smallest absolute Gasteiger partial charge is 0.252 e. The minimum atomic E-state index is -0.330. The summed E-state index contributed by atoms with van der Waals surface area (Å²) in [5, 5.41) is 15.5. The van der Waals surface area contributed by atoms with E-state index in [4.69, 9.17) is 22.6 Å². The Morgan fingerprint density at radius 1 is 1.58 bits per heavy atom. The summed E-state index contributed by atoms with van der Waals surface area (Å²) in [6, 6.07) is 6.55. The van der Waals surface area contributed by atoms with E-state index >= 15 is 0 Å². The molecule has 0 aliphatic heterocycles. The largest absolute Gasteiger partial charge is 0.397 e. The van der Waals surface area contributed by atoms with E-state index in [9.17, 15) is 4.79 Å². The molecule has 7 nitrogen and oxygen atoms in total. The lowest BCUT2D eigenvalue weighted by molar-refractivity contribution is -0.116. The second-order valence-electron chi connectivity index (χ2n) is 3.66. The first-order chi connectivity index (χ1) is 9.08. The van der Waals surface area contributed by atoms with Crippen LogP contribution in [0, 0.1) is 11.3 Å². The molecular formula is C11H9ClN6O. The van der Waals surface area contributed by atoms with Crippen LogP contribution in [0.15, 0.2) is 24.5 Å². The third kappa shape index (κ3) is 3.20. The van der Waals surface area contributed by atoms with Crippen molar-refractivity contribution < 1.29 is 4.79 Å². The van der Waals surface area contributed by atoms with Gasteiger partial charge >= 0.3 is 0 Å². The van der Waals surface area contributed by atoms with E-state index in [-0.39, 0.29) is 18.3 Å². The van der Waals surface area contributed by atoms with Gasteiger partial charge in [-0.15, -0.1) is 5.10 Å². The van der Waals surface area contributed by atoms with Crippen LogP contribution in [0.2, 0.25) is 5.02 Å². The first-order valence-corrected chi connectivity index (χ1v) is 5.60. The molecule has 0 saturated heterocycles. The number of nitrogen functional groups attached to an aromatic ring is 1. The van der Waals surface area contributed by atoms with Crippen LogP contribution < -0.4 is 11.1 Å². The quantitative estimate of drug-likeness (QED) is 0.814. The summed E-state index contributed by atoms with van der Waals surface area (Å²) >= 11 is 5.76. The molecule has 2 aromatic rings. The second kappa shape index (κ2) is 5.37. The Kier molecular flexibility index (Phi) is 3.63. The summed E-state index contributed by atoms with van der Waals surface area (Å²) in [5.74, 6) is -0.317. The van der Waals surface area contributed by atoms with Crippen LogP contribution in [-0.2, 0) is 11.3 Å². The van der Waals surface area contributed by atoms with Crippen LogP contribution in [0.25, 0.3) is 0 Å². The number of nitrogens with two attached hydrogens (primary N) is 1.